The van der Waals surface area contributed by atoms with Crippen LogP contribution in [0.25, 0.3) is 11.1 Å². The van der Waals surface area contributed by atoms with Crippen molar-refractivity contribution < 1.29 is 14.3 Å². The molecule has 0 radical (unpaired) electrons. The number of esters is 1. The van der Waals surface area contributed by atoms with E-state index in [2.05, 4.69) is 54.5 Å². The monoisotopic (exact) mass is 453 g/mol. The molecular formula is C28H27N3O3. The van der Waals surface area contributed by atoms with Gasteiger partial charge in [-0.2, -0.15) is 10.4 Å². The van der Waals surface area contributed by atoms with E-state index < -0.39 is 0 Å². The highest BCUT2D eigenvalue weighted by Gasteiger charge is 2.30. The number of methoxy groups -OCH3 is 2. The smallest absolute Gasteiger partial charge is 0.307 e. The van der Waals surface area contributed by atoms with E-state index in [1.54, 1.807) is 12.1 Å². The van der Waals surface area contributed by atoms with Crippen LogP contribution in [0.5, 0.6) is 5.75 Å². The van der Waals surface area contributed by atoms with Gasteiger partial charge in [0.25, 0.3) is 0 Å². The molecule has 4 rings (SSSR count). The van der Waals surface area contributed by atoms with Gasteiger partial charge < -0.3 is 9.47 Å². The van der Waals surface area contributed by atoms with Crippen molar-refractivity contribution in [3.05, 3.63) is 83.4 Å². The Kier molecular flexibility index (Phi) is 6.93. The summed E-state index contributed by atoms with van der Waals surface area (Å²) < 4.78 is 10.2. The Hall–Kier alpha value is -4.11. The number of nitriles is 1. The van der Waals surface area contributed by atoms with E-state index in [9.17, 15) is 10.1 Å². The van der Waals surface area contributed by atoms with Gasteiger partial charge in [0.2, 0.25) is 0 Å². The van der Waals surface area contributed by atoms with Crippen LogP contribution < -0.4 is 9.75 Å². The number of carbonyl (C=O) groups is 1. The third kappa shape index (κ3) is 5.10. The zero-order chi connectivity index (χ0) is 24.1. The fraction of sp³-hybridized carbons (Fsp3) is 0.250. The highest BCUT2D eigenvalue weighted by molar-refractivity contribution is 6.01. The van der Waals surface area contributed by atoms with E-state index in [0.29, 0.717) is 12.1 Å². The van der Waals surface area contributed by atoms with Crippen LogP contribution in [0.2, 0.25) is 0 Å². The molecule has 172 valence electrons. The van der Waals surface area contributed by atoms with E-state index in [1.165, 1.54) is 23.8 Å². The molecule has 6 nitrogen and oxygen atoms in total. The minimum Gasteiger partial charge on any atom is -0.497 e. The van der Waals surface area contributed by atoms with Crippen molar-refractivity contribution in [1.29, 1.82) is 5.26 Å². The molecule has 0 fully saturated rings. The van der Waals surface area contributed by atoms with Crippen molar-refractivity contribution in [2.24, 2.45) is 5.10 Å². The number of hydrazone groups is 1. The van der Waals surface area contributed by atoms with Crippen LogP contribution in [-0.4, -0.2) is 31.9 Å². The van der Waals surface area contributed by atoms with Crippen molar-refractivity contribution >= 4 is 17.4 Å². The Balaban J connectivity index is 1.49. The van der Waals surface area contributed by atoms with Crippen LogP contribution in [0, 0.1) is 18.3 Å². The van der Waals surface area contributed by atoms with Crippen LogP contribution >= 0.6 is 0 Å². The third-order valence-corrected chi connectivity index (χ3v) is 6.10. The van der Waals surface area contributed by atoms with E-state index in [0.717, 1.165) is 29.0 Å². The van der Waals surface area contributed by atoms with Gasteiger partial charge in [-0.25, -0.2) is 0 Å². The van der Waals surface area contributed by atoms with Crippen LogP contribution in [0.4, 0.5) is 5.69 Å². The number of aryl methyl sites for hydroxylation is 1. The van der Waals surface area contributed by atoms with Crippen molar-refractivity contribution in [3.8, 4) is 22.9 Å². The van der Waals surface area contributed by atoms with Crippen molar-refractivity contribution in [1.82, 2.24) is 0 Å². The van der Waals surface area contributed by atoms with Gasteiger partial charge in [-0.1, -0.05) is 42.5 Å². The highest BCUT2D eigenvalue weighted by atomic mass is 16.5. The minimum absolute atomic E-state index is 0.186. The highest BCUT2D eigenvalue weighted by Crippen LogP contribution is 2.29. The average Bonchev–Trinajstić information content (AvgIpc) is 3.28. The minimum atomic E-state index is -0.311. The molecular weight excluding hydrogens is 426 g/mol. The Labute approximate surface area is 200 Å². The largest absolute Gasteiger partial charge is 0.497 e. The zero-order valence-electron chi connectivity index (χ0n) is 19.6. The fourth-order valence-corrected chi connectivity index (χ4v) is 4.20. The van der Waals surface area contributed by atoms with Crippen LogP contribution in [0.3, 0.4) is 0 Å². The van der Waals surface area contributed by atoms with Crippen molar-refractivity contribution in [2.75, 3.05) is 19.2 Å². The zero-order valence-corrected chi connectivity index (χ0v) is 19.6. The summed E-state index contributed by atoms with van der Waals surface area (Å²) in [6.45, 7) is 2.13. The summed E-state index contributed by atoms with van der Waals surface area (Å²) in [4.78, 5) is 11.8. The lowest BCUT2D eigenvalue weighted by Crippen LogP contribution is -2.29. The first kappa shape index (κ1) is 23.1. The van der Waals surface area contributed by atoms with E-state index >= 15 is 0 Å². The Morgan fingerprint density at radius 2 is 1.85 bits per heavy atom. The van der Waals surface area contributed by atoms with Crippen LogP contribution in [0.15, 0.2) is 71.8 Å². The quantitative estimate of drug-likeness (QED) is 0.455. The van der Waals surface area contributed by atoms with Crippen LogP contribution in [-0.2, 0) is 16.0 Å². The molecule has 34 heavy (non-hydrogen) atoms. The van der Waals surface area contributed by atoms with E-state index in [1.807, 2.05) is 30.3 Å². The second kappa shape index (κ2) is 10.2. The van der Waals surface area contributed by atoms with Crippen LogP contribution in [0.1, 0.15) is 29.5 Å². The van der Waals surface area contributed by atoms with Gasteiger partial charge in [0, 0.05) is 6.42 Å². The molecule has 0 bridgehead atoms. The summed E-state index contributed by atoms with van der Waals surface area (Å²) in [7, 11) is 3.05. The molecule has 6 heteroatoms. The van der Waals surface area contributed by atoms with Gasteiger partial charge in [0.1, 0.15) is 17.5 Å². The Morgan fingerprint density at radius 3 is 2.53 bits per heavy atom. The molecule has 1 heterocycles. The molecule has 1 aliphatic heterocycles. The first-order valence-corrected chi connectivity index (χ1v) is 11.2. The number of benzene rings is 3. The number of hydrogen-bond donors (Lipinski definition) is 0. The predicted octanol–water partition coefficient (Wildman–Crippen LogP) is 5.28. The molecule has 0 amide bonds. The molecule has 0 aromatic heterocycles. The summed E-state index contributed by atoms with van der Waals surface area (Å²) in [5.74, 6) is 0.534. The summed E-state index contributed by atoms with van der Waals surface area (Å²) in [6, 6.07) is 24.6. The Bertz CT molecular complexity index is 1260. The molecule has 1 atom stereocenters. The lowest BCUT2D eigenvalue weighted by atomic mass is 9.96. The molecule has 0 saturated heterocycles. The van der Waals surface area contributed by atoms with Crippen molar-refractivity contribution in [2.45, 2.75) is 32.2 Å². The number of anilines is 1. The third-order valence-electron chi connectivity index (χ3n) is 6.10. The lowest BCUT2D eigenvalue weighted by molar-refractivity contribution is -0.140. The van der Waals surface area contributed by atoms with Gasteiger partial charge in [0.15, 0.2) is 0 Å². The maximum absolute atomic E-state index is 11.8. The number of ether oxygens (including phenoxy) is 2. The standard InChI is InChI=1S/C28H27N3O3/c1-19-13-23(22-5-4-6-27(15-22)33-2)10-9-21(19)14-20-7-11-25(12-8-20)31-26(17-28(32)34-3)16-24(18-29)30-31/h4-13,15,26H,14,16-17H2,1-3H3. The molecule has 1 unspecified atom stereocenters. The van der Waals surface area contributed by atoms with Gasteiger partial charge in [-0.05, 0) is 65.4 Å². The topological polar surface area (TPSA) is 74.9 Å². The summed E-state index contributed by atoms with van der Waals surface area (Å²) in [5, 5.41) is 15.4. The van der Waals surface area contributed by atoms with E-state index in [4.69, 9.17) is 9.47 Å². The molecule has 0 N–H and O–H groups in total. The number of carbonyl (C=O) groups excluding carboxylic acids is 1. The Morgan fingerprint density at radius 1 is 1.09 bits per heavy atom. The summed E-state index contributed by atoms with van der Waals surface area (Å²) in [5.41, 5.74) is 7.22. The van der Waals surface area contributed by atoms with Crippen molar-refractivity contribution in [3.63, 3.8) is 0 Å². The normalized spacial score (nSPS) is 14.9. The van der Waals surface area contributed by atoms with Gasteiger partial charge >= 0.3 is 5.97 Å². The summed E-state index contributed by atoms with van der Waals surface area (Å²) >= 11 is 0. The van der Waals surface area contributed by atoms with Gasteiger partial charge in [0.05, 0.1) is 32.4 Å². The maximum Gasteiger partial charge on any atom is 0.307 e. The lowest BCUT2D eigenvalue weighted by Gasteiger charge is -2.22. The predicted molar refractivity (Wildman–Crippen MR) is 133 cm³/mol. The summed E-state index contributed by atoms with van der Waals surface area (Å²) in [6.07, 6.45) is 1.43. The molecule has 1 aliphatic rings. The first-order valence-electron chi connectivity index (χ1n) is 11.2. The average molecular weight is 454 g/mol. The molecule has 0 aliphatic carbocycles. The number of nitrogens with zero attached hydrogens (tertiary/aromatic N) is 3. The second-order valence-corrected chi connectivity index (χ2v) is 8.36. The number of rotatable bonds is 7. The maximum atomic E-state index is 11.8. The second-order valence-electron chi connectivity index (χ2n) is 8.36. The molecule has 3 aromatic rings. The molecule has 3 aromatic carbocycles. The molecule has 0 saturated carbocycles. The SMILES string of the molecule is COC(=O)CC1CC(C#N)=NN1c1ccc(Cc2ccc(-c3cccc(OC)c3)cc2C)cc1. The first-order chi connectivity index (χ1) is 16.5. The van der Waals surface area contributed by atoms with Gasteiger partial charge in [-0.15, -0.1) is 0 Å². The van der Waals surface area contributed by atoms with Gasteiger partial charge in [-0.3, -0.25) is 9.80 Å². The number of hydrogen-bond acceptors (Lipinski definition) is 6. The fourth-order valence-electron chi connectivity index (χ4n) is 4.20. The molecule has 0 spiro atoms. The van der Waals surface area contributed by atoms with E-state index in [-0.39, 0.29) is 18.4 Å².